The number of benzene rings is 3. The van der Waals surface area contributed by atoms with Gasteiger partial charge in [0.15, 0.2) is 11.2 Å². The maximum absolute atomic E-state index is 13.9. The van der Waals surface area contributed by atoms with Gasteiger partial charge in [-0.25, -0.2) is 9.78 Å². The number of aliphatic hydroxyl groups is 5. The van der Waals surface area contributed by atoms with E-state index in [1.54, 1.807) is 19.2 Å². The Kier molecular flexibility index (Phi) is 13.0. The lowest BCUT2D eigenvalue weighted by Gasteiger charge is -2.51. The van der Waals surface area contributed by atoms with E-state index in [9.17, 15) is 45.3 Å². The number of phenolic OH excluding ortho intramolecular Hbond substituents is 2. The Bertz CT molecular complexity index is 2820. The number of carbonyl (C=O) groups is 1. The molecule has 10 N–H and O–H groups in total. The van der Waals surface area contributed by atoms with Crippen LogP contribution in [0.2, 0.25) is 0 Å². The van der Waals surface area contributed by atoms with Crippen molar-refractivity contribution in [2.45, 2.75) is 106 Å². The second-order valence-electron chi connectivity index (χ2n) is 20.0. The molecule has 17 heteroatoms. The van der Waals surface area contributed by atoms with E-state index in [0.29, 0.717) is 82.5 Å². The minimum atomic E-state index is -2.43. The SMILES string of the molecule is Cc1cc(=O)c2cc3c(c([NH+]4C=C5N=CC=C5C4)c2o1)O[C@]1(C[C@@H]([C@@H]2CNC(=O)C2)C=C[C@@H]1CNC1CCCCC1)[C@H](OOC[C@@](O)(Cc1ccc(O)c2ccc(O)cc12)[C@@H](O)[C@H](O)[C@H](O)CO)C3. The minimum Gasteiger partial charge on any atom is -0.508 e. The molecule has 10 atom stereocenters. The molecule has 1 spiro atoms. The number of aromatic hydroxyl groups is 2. The summed E-state index contributed by atoms with van der Waals surface area (Å²) in [5.74, 6) is 0.151. The van der Waals surface area contributed by atoms with Crippen molar-refractivity contribution < 1.29 is 64.4 Å². The van der Waals surface area contributed by atoms with Crippen molar-refractivity contribution >= 4 is 39.6 Å². The third-order valence-electron chi connectivity index (χ3n) is 15.4. The number of ether oxygens (including phenoxy) is 1. The summed E-state index contributed by atoms with van der Waals surface area (Å²) in [6.07, 6.45) is 8.97. The van der Waals surface area contributed by atoms with Crippen LogP contribution in [0.3, 0.4) is 0 Å². The van der Waals surface area contributed by atoms with Crippen LogP contribution in [0.25, 0.3) is 21.7 Å². The first-order chi connectivity index (χ1) is 33.2. The number of amides is 1. The zero-order chi connectivity index (χ0) is 48.2. The number of nitrogens with zero attached hydrogens (tertiary/aromatic N) is 1. The van der Waals surface area contributed by atoms with Crippen LogP contribution in [-0.4, -0.2) is 122 Å². The molecule has 10 rings (SSSR count). The van der Waals surface area contributed by atoms with Crippen molar-refractivity contribution in [2.75, 3.05) is 32.8 Å². The fourth-order valence-electron chi connectivity index (χ4n) is 11.6. The Morgan fingerprint density at radius 2 is 1.84 bits per heavy atom. The van der Waals surface area contributed by atoms with Crippen LogP contribution in [0.4, 0.5) is 5.69 Å². The van der Waals surface area contributed by atoms with Crippen molar-refractivity contribution in [3.8, 4) is 17.2 Å². The standard InChI is InChI=1S/C52H60N4O13/c1-28-15-42(60)39-16-32-17-44(69-66-27-51(65,50(64)47(63)43(61)26-57)20-30-8-12-41(59)37-11-10-36(58)19-38(30)37)52(68-48(32)46(49(39)67-28)56-24-31-13-14-53-40(31)25-56)21-29(33-18-45(62)55-22-33)7-9-34(52)23-54-35-5-3-2-4-6-35/h7-16,19,25,29,33-35,43-44,47,50,54,57-59,61,63-65H,2-6,17-18,20-24,26-27H2,1H3,(H,55,62)/p+1/t29-,33-,34+,43+,44+,47+,50-,51-,52-/m0/s1. The lowest BCUT2D eigenvalue weighted by atomic mass is 9.66. The van der Waals surface area contributed by atoms with Gasteiger partial charge in [-0.3, -0.25) is 19.5 Å². The first kappa shape index (κ1) is 47.2. The second kappa shape index (κ2) is 19.0. The fraction of sp³-hybridized carbons (Fsp3) is 0.481. The quantitative estimate of drug-likeness (QED) is 0.0467. The number of hydrogen-bond acceptors (Lipinski definition) is 15. The summed E-state index contributed by atoms with van der Waals surface area (Å²) in [5.41, 5.74) is -0.0163. The lowest BCUT2D eigenvalue weighted by molar-refractivity contribution is -0.763. The number of fused-ring (bicyclic) bond motifs is 4. The predicted octanol–water partition coefficient (Wildman–Crippen LogP) is 2.34. The predicted molar refractivity (Wildman–Crippen MR) is 253 cm³/mol. The Labute approximate surface area is 398 Å². The van der Waals surface area contributed by atoms with Crippen molar-refractivity contribution in [2.24, 2.45) is 22.7 Å². The Balaban J connectivity index is 1.07. The molecule has 2 aliphatic carbocycles. The van der Waals surface area contributed by atoms with Gasteiger partial charge in [0.25, 0.3) is 0 Å². The van der Waals surface area contributed by atoms with E-state index in [1.807, 2.05) is 12.3 Å². The number of rotatable bonds is 15. The topological polar surface area (TPSA) is 257 Å². The van der Waals surface area contributed by atoms with Crippen molar-refractivity contribution in [3.05, 3.63) is 105 Å². The van der Waals surface area contributed by atoms with Crippen LogP contribution < -0.4 is 25.7 Å². The number of allylic oxidation sites excluding steroid dienone is 2. The molecule has 3 aromatic carbocycles. The molecule has 1 unspecified atom stereocenters. The van der Waals surface area contributed by atoms with E-state index < -0.39 is 55.3 Å². The smallest absolute Gasteiger partial charge is 0.222 e. The molecule has 0 bridgehead atoms. The average molecular weight is 950 g/mol. The number of quaternary nitrogens is 1. The summed E-state index contributed by atoms with van der Waals surface area (Å²) in [6, 6.07) is 10.7. The number of nitrogens with one attached hydrogen (secondary N) is 3. The molecule has 6 aliphatic rings. The Morgan fingerprint density at radius 3 is 2.61 bits per heavy atom. The molecule has 5 heterocycles. The van der Waals surface area contributed by atoms with Gasteiger partial charge in [0.1, 0.15) is 77.9 Å². The maximum Gasteiger partial charge on any atom is 0.222 e. The maximum atomic E-state index is 13.9. The lowest BCUT2D eigenvalue weighted by Crippen LogP contribution is -3.01. The van der Waals surface area contributed by atoms with Crippen LogP contribution in [0.15, 0.2) is 92.4 Å². The highest BCUT2D eigenvalue weighted by Gasteiger charge is 2.57. The molecular formula is C52H61N4O13+. The number of aliphatic hydroxyl groups excluding tert-OH is 4. The van der Waals surface area contributed by atoms with E-state index in [-0.39, 0.29) is 53.1 Å². The van der Waals surface area contributed by atoms with Gasteiger partial charge in [0.2, 0.25) is 17.2 Å². The average Bonchev–Trinajstić information content (AvgIpc) is 4.09. The van der Waals surface area contributed by atoms with Crippen LogP contribution >= 0.6 is 0 Å². The van der Waals surface area contributed by atoms with Gasteiger partial charge in [0.05, 0.1) is 12.0 Å². The molecule has 4 aliphatic heterocycles. The monoisotopic (exact) mass is 949 g/mol. The van der Waals surface area contributed by atoms with E-state index in [1.165, 1.54) is 42.8 Å². The van der Waals surface area contributed by atoms with Crippen LogP contribution in [0.5, 0.6) is 17.2 Å². The largest absolute Gasteiger partial charge is 0.508 e. The zero-order valence-corrected chi connectivity index (χ0v) is 38.5. The Morgan fingerprint density at radius 1 is 1.01 bits per heavy atom. The number of aryl methyl sites for hydroxylation is 1. The van der Waals surface area contributed by atoms with Crippen LogP contribution in [0.1, 0.15) is 61.8 Å². The molecule has 2 fully saturated rings. The van der Waals surface area contributed by atoms with Crippen molar-refractivity contribution in [1.29, 1.82) is 0 Å². The molecule has 1 amide bonds. The van der Waals surface area contributed by atoms with Crippen molar-refractivity contribution in [1.82, 2.24) is 10.6 Å². The van der Waals surface area contributed by atoms with E-state index >= 15 is 0 Å². The first-order valence-electron chi connectivity index (χ1n) is 24.1. The molecule has 366 valence electrons. The summed E-state index contributed by atoms with van der Waals surface area (Å²) in [5, 5.41) is 84.6. The van der Waals surface area contributed by atoms with Gasteiger partial charge >= 0.3 is 0 Å². The summed E-state index contributed by atoms with van der Waals surface area (Å²) < 4.78 is 14.1. The van der Waals surface area contributed by atoms with Gasteiger partial charge in [-0.05, 0) is 85.4 Å². The highest BCUT2D eigenvalue weighted by molar-refractivity contribution is 5.92. The molecule has 1 aromatic heterocycles. The number of hydrogen-bond donors (Lipinski definition) is 10. The van der Waals surface area contributed by atoms with Gasteiger partial charge < -0.3 is 55.5 Å². The summed E-state index contributed by atoms with van der Waals surface area (Å²) in [6.45, 7) is 1.53. The third-order valence-corrected chi connectivity index (χ3v) is 15.4. The highest BCUT2D eigenvalue weighted by Crippen LogP contribution is 2.51. The van der Waals surface area contributed by atoms with Gasteiger partial charge in [0, 0.05) is 73.1 Å². The van der Waals surface area contributed by atoms with Crippen molar-refractivity contribution in [3.63, 3.8) is 0 Å². The highest BCUT2D eigenvalue weighted by atomic mass is 17.2. The normalized spacial score (nSPS) is 27.7. The molecule has 4 aromatic rings. The molecule has 0 radical (unpaired) electrons. The first-order valence-corrected chi connectivity index (χ1v) is 24.1. The summed E-state index contributed by atoms with van der Waals surface area (Å²) in [4.78, 5) is 44.8. The number of carbonyl (C=O) groups excluding carboxylic acids is 1. The fourth-order valence-corrected chi connectivity index (χ4v) is 11.6. The molecular weight excluding hydrogens is 889 g/mol. The van der Waals surface area contributed by atoms with Gasteiger partial charge in [-0.2, -0.15) is 0 Å². The Hall–Kier alpha value is -5.47. The molecule has 17 nitrogen and oxygen atoms in total. The zero-order valence-electron chi connectivity index (χ0n) is 38.5. The van der Waals surface area contributed by atoms with Gasteiger partial charge in [-0.15, -0.1) is 0 Å². The van der Waals surface area contributed by atoms with E-state index in [4.69, 9.17) is 18.9 Å². The third kappa shape index (κ3) is 9.00. The van der Waals surface area contributed by atoms with Crippen LogP contribution in [-0.2, 0) is 27.4 Å². The number of phenols is 2. The van der Waals surface area contributed by atoms with Gasteiger partial charge in [-0.1, -0.05) is 37.5 Å². The second-order valence-corrected chi connectivity index (χ2v) is 20.0. The molecule has 69 heavy (non-hydrogen) atoms. The molecule has 1 saturated heterocycles. The van der Waals surface area contributed by atoms with Crippen LogP contribution in [0, 0.1) is 24.7 Å². The summed E-state index contributed by atoms with van der Waals surface area (Å²) >= 11 is 0. The van der Waals surface area contributed by atoms with E-state index in [2.05, 4.69) is 27.8 Å². The van der Waals surface area contributed by atoms with E-state index in [0.717, 1.165) is 41.9 Å². The minimum absolute atomic E-state index is 0.0371. The summed E-state index contributed by atoms with van der Waals surface area (Å²) in [7, 11) is 0. The molecule has 1 saturated carbocycles. The number of aliphatic imine (C=N–C) groups is 1.